The number of hydrogen-bond donors (Lipinski definition) is 2. The zero-order chi connectivity index (χ0) is 24.6. The van der Waals surface area contributed by atoms with E-state index < -0.39 is 36.9 Å². The van der Waals surface area contributed by atoms with E-state index in [1.54, 1.807) is 18.2 Å². The van der Waals surface area contributed by atoms with Crippen LogP contribution in [0.5, 0.6) is 0 Å². The molecular formula is C22H32N4O6Si. The molecule has 1 saturated heterocycles. The molecule has 0 radical (unpaired) electrons. The first-order valence-electron chi connectivity index (χ1n) is 10.8. The predicted molar refractivity (Wildman–Crippen MR) is 126 cm³/mol. The van der Waals surface area contributed by atoms with E-state index >= 15 is 0 Å². The molecule has 2 aromatic rings. The van der Waals surface area contributed by atoms with Crippen LogP contribution in [0.15, 0.2) is 41.3 Å². The summed E-state index contributed by atoms with van der Waals surface area (Å²) in [6.45, 7) is 10.6. The maximum Gasteiger partial charge on any atom is 0.351 e. The highest BCUT2D eigenvalue weighted by molar-refractivity contribution is 6.74. The van der Waals surface area contributed by atoms with Gasteiger partial charge < -0.3 is 20.0 Å². The quantitative estimate of drug-likeness (QED) is 0.353. The van der Waals surface area contributed by atoms with Gasteiger partial charge in [0.1, 0.15) is 23.8 Å². The Morgan fingerprint density at radius 3 is 2.64 bits per heavy atom. The van der Waals surface area contributed by atoms with Crippen molar-refractivity contribution in [2.75, 3.05) is 12.3 Å². The van der Waals surface area contributed by atoms with Crippen molar-refractivity contribution in [2.45, 2.75) is 69.7 Å². The molecule has 2 heterocycles. The number of para-hydroxylation sites is 1. The van der Waals surface area contributed by atoms with Gasteiger partial charge >= 0.3 is 5.69 Å². The summed E-state index contributed by atoms with van der Waals surface area (Å²) < 4.78 is 13.7. The van der Waals surface area contributed by atoms with Gasteiger partial charge in [0.15, 0.2) is 8.32 Å². The Hall–Kier alpha value is -2.60. The van der Waals surface area contributed by atoms with E-state index in [0.29, 0.717) is 5.56 Å². The number of aromatic nitrogens is 2. The Kier molecular flexibility index (Phi) is 6.81. The van der Waals surface area contributed by atoms with Crippen molar-refractivity contribution in [3.8, 4) is 0 Å². The highest BCUT2D eigenvalue weighted by atomic mass is 28.4. The fourth-order valence-electron chi connectivity index (χ4n) is 3.66. The molecule has 0 amide bonds. The second kappa shape index (κ2) is 8.97. The van der Waals surface area contributed by atoms with Gasteiger partial charge in [-0.05, 0) is 24.2 Å². The van der Waals surface area contributed by atoms with Crippen LogP contribution in [0.3, 0.4) is 0 Å². The van der Waals surface area contributed by atoms with Gasteiger partial charge in [-0.2, -0.15) is 4.98 Å². The van der Waals surface area contributed by atoms with Crippen LogP contribution in [0.1, 0.15) is 39.0 Å². The third-order valence-electron chi connectivity index (χ3n) is 6.70. The highest BCUT2D eigenvalue weighted by Gasteiger charge is 2.50. The molecule has 1 aliphatic heterocycles. The average molecular weight is 477 g/mol. The van der Waals surface area contributed by atoms with E-state index in [1.807, 2.05) is 0 Å². The molecule has 0 aliphatic carbocycles. The van der Waals surface area contributed by atoms with Crippen molar-refractivity contribution in [1.82, 2.24) is 9.55 Å². The first-order valence-corrected chi connectivity index (χ1v) is 13.7. The van der Waals surface area contributed by atoms with Crippen LogP contribution in [-0.2, 0) is 15.6 Å². The molecular weight excluding hydrogens is 444 g/mol. The SMILES string of the molecule is CC(C)(C)[Si](C)(C)OC[C@H]1O[C@@H](n2ccc(N)nc2=O)C[C@@]1(O)Cc1ccccc1[N+](=O)[O-]. The third-order valence-corrected chi connectivity index (χ3v) is 11.2. The molecule has 3 rings (SSSR count). The lowest BCUT2D eigenvalue weighted by atomic mass is 9.87. The van der Waals surface area contributed by atoms with E-state index in [1.165, 1.54) is 22.9 Å². The van der Waals surface area contributed by atoms with Crippen LogP contribution in [0.25, 0.3) is 0 Å². The molecule has 0 spiro atoms. The van der Waals surface area contributed by atoms with E-state index in [9.17, 15) is 20.0 Å². The van der Waals surface area contributed by atoms with Crippen LogP contribution < -0.4 is 11.4 Å². The summed E-state index contributed by atoms with van der Waals surface area (Å²) in [7, 11) is -2.17. The van der Waals surface area contributed by atoms with Crippen molar-refractivity contribution >= 4 is 19.8 Å². The molecule has 0 unspecified atom stereocenters. The molecule has 3 N–H and O–H groups in total. The molecule has 180 valence electrons. The molecule has 0 saturated carbocycles. The molecule has 1 aliphatic rings. The minimum Gasteiger partial charge on any atom is -0.414 e. The Morgan fingerprint density at radius 2 is 2.03 bits per heavy atom. The first kappa shape index (κ1) is 25.0. The molecule has 11 heteroatoms. The lowest BCUT2D eigenvalue weighted by molar-refractivity contribution is -0.385. The van der Waals surface area contributed by atoms with Crippen molar-refractivity contribution in [2.24, 2.45) is 0 Å². The summed E-state index contributed by atoms with van der Waals surface area (Å²) in [6, 6.07) is 7.77. The molecule has 10 nitrogen and oxygen atoms in total. The van der Waals surface area contributed by atoms with Gasteiger partial charge in [0, 0.05) is 30.7 Å². The van der Waals surface area contributed by atoms with Crippen molar-refractivity contribution in [3.05, 3.63) is 62.7 Å². The van der Waals surface area contributed by atoms with Gasteiger partial charge in [-0.15, -0.1) is 0 Å². The predicted octanol–water partition coefficient (Wildman–Crippen LogP) is 3.02. The number of nitro benzene ring substituents is 1. The largest absolute Gasteiger partial charge is 0.414 e. The maximum absolute atomic E-state index is 12.4. The fraction of sp³-hybridized carbons (Fsp3) is 0.545. The minimum atomic E-state index is -2.17. The number of nitrogens with two attached hydrogens (primary N) is 1. The average Bonchev–Trinajstić information content (AvgIpc) is 3.01. The highest BCUT2D eigenvalue weighted by Crippen LogP contribution is 2.42. The zero-order valence-corrected chi connectivity index (χ0v) is 20.6. The summed E-state index contributed by atoms with van der Waals surface area (Å²) in [5, 5.41) is 23.2. The Morgan fingerprint density at radius 1 is 1.36 bits per heavy atom. The molecule has 3 atom stereocenters. The van der Waals surface area contributed by atoms with E-state index in [2.05, 4.69) is 38.8 Å². The van der Waals surface area contributed by atoms with Crippen molar-refractivity contribution in [1.29, 1.82) is 0 Å². The van der Waals surface area contributed by atoms with Gasteiger partial charge in [0.25, 0.3) is 5.69 Å². The number of nitrogens with zero attached hydrogens (tertiary/aromatic N) is 3. The van der Waals surface area contributed by atoms with E-state index in [-0.39, 0.29) is 36.0 Å². The number of nitro groups is 1. The fourth-order valence-corrected chi connectivity index (χ4v) is 4.66. The summed E-state index contributed by atoms with van der Waals surface area (Å²) in [5.41, 5.74) is 3.80. The van der Waals surface area contributed by atoms with Crippen molar-refractivity contribution in [3.63, 3.8) is 0 Å². The Bertz CT molecular complexity index is 1080. The second-order valence-corrected chi connectivity index (χ2v) is 14.9. The Balaban J connectivity index is 1.94. The minimum absolute atomic E-state index is 0.0245. The lowest BCUT2D eigenvalue weighted by Crippen LogP contribution is -2.48. The van der Waals surface area contributed by atoms with Gasteiger partial charge in [0.2, 0.25) is 0 Å². The summed E-state index contributed by atoms with van der Waals surface area (Å²) in [6.07, 6.45) is -0.135. The number of ether oxygens (including phenoxy) is 1. The molecule has 1 aromatic carbocycles. The summed E-state index contributed by atoms with van der Waals surface area (Å²) >= 11 is 0. The number of nitrogen functional groups attached to an aromatic ring is 1. The Labute approximate surface area is 193 Å². The van der Waals surface area contributed by atoms with Crippen LogP contribution in [0, 0.1) is 10.1 Å². The van der Waals surface area contributed by atoms with Crippen LogP contribution in [0.2, 0.25) is 18.1 Å². The smallest absolute Gasteiger partial charge is 0.351 e. The number of benzene rings is 1. The summed E-state index contributed by atoms with van der Waals surface area (Å²) in [4.78, 5) is 27.2. The van der Waals surface area contributed by atoms with Gasteiger partial charge in [0.05, 0.1) is 11.5 Å². The second-order valence-electron chi connectivity index (χ2n) is 10.1. The molecule has 1 aromatic heterocycles. The monoisotopic (exact) mass is 476 g/mol. The lowest BCUT2D eigenvalue weighted by Gasteiger charge is -2.38. The van der Waals surface area contributed by atoms with Crippen LogP contribution in [0.4, 0.5) is 11.5 Å². The third kappa shape index (κ3) is 5.32. The topological polar surface area (TPSA) is 143 Å². The molecule has 0 bridgehead atoms. The van der Waals surface area contributed by atoms with Crippen molar-refractivity contribution < 1.29 is 19.2 Å². The van der Waals surface area contributed by atoms with E-state index in [0.717, 1.165) is 0 Å². The van der Waals surface area contributed by atoms with E-state index in [4.69, 9.17) is 14.9 Å². The zero-order valence-electron chi connectivity index (χ0n) is 19.6. The number of anilines is 1. The number of rotatable bonds is 7. The number of hydrogen-bond acceptors (Lipinski definition) is 8. The first-order chi connectivity index (χ1) is 15.2. The normalized spacial score (nSPS) is 23.6. The summed E-state index contributed by atoms with van der Waals surface area (Å²) in [5.74, 6) is 0.0854. The maximum atomic E-state index is 12.4. The van der Waals surface area contributed by atoms with Gasteiger partial charge in [-0.3, -0.25) is 14.7 Å². The standard InChI is InChI=1S/C22H32N4O6Si/c1-21(2,3)33(4,5)31-14-17-22(28,12-15-8-6-7-9-16(15)26(29)30)13-19(32-17)25-11-10-18(23)24-20(25)27/h6-11,17,19,28H,12-14H2,1-5H3,(H2,23,24,27)/t17-,19-,22+/m1/s1. The van der Waals surface area contributed by atoms with Gasteiger partial charge in [-0.1, -0.05) is 39.0 Å². The van der Waals surface area contributed by atoms with Crippen LogP contribution in [-0.4, -0.2) is 46.2 Å². The molecule has 1 fully saturated rings. The van der Waals surface area contributed by atoms with Gasteiger partial charge in [-0.25, -0.2) is 4.79 Å². The molecule has 33 heavy (non-hydrogen) atoms. The van der Waals surface area contributed by atoms with Crippen LogP contribution >= 0.6 is 0 Å². The number of aliphatic hydroxyl groups is 1.